The molecule has 9 heteroatoms. The molecule has 26 heavy (non-hydrogen) atoms. The first-order valence-corrected chi connectivity index (χ1v) is 8.84. The minimum absolute atomic E-state index is 0.139. The van der Waals surface area contributed by atoms with Crippen molar-refractivity contribution in [2.45, 2.75) is 58.4 Å². The molecule has 9 nitrogen and oxygen atoms in total. The molecule has 0 aromatic carbocycles. The topological polar surface area (TPSA) is 133 Å². The Kier molecular flexibility index (Phi) is 8.74. The van der Waals surface area contributed by atoms with E-state index in [1.54, 1.807) is 13.8 Å². The van der Waals surface area contributed by atoms with E-state index in [9.17, 15) is 24.0 Å². The van der Waals surface area contributed by atoms with Gasteiger partial charge in [-0.15, -0.1) is 0 Å². The van der Waals surface area contributed by atoms with Gasteiger partial charge >= 0.3 is 5.97 Å². The Labute approximate surface area is 152 Å². The van der Waals surface area contributed by atoms with E-state index in [0.717, 1.165) is 0 Å². The van der Waals surface area contributed by atoms with E-state index in [4.69, 9.17) is 5.11 Å². The van der Waals surface area contributed by atoms with Gasteiger partial charge in [0.1, 0.15) is 12.6 Å². The average Bonchev–Trinajstić information content (AvgIpc) is 2.88. The maximum atomic E-state index is 12.0. The van der Waals surface area contributed by atoms with Gasteiger partial charge in [-0.2, -0.15) is 0 Å². The third-order valence-corrected chi connectivity index (χ3v) is 4.12. The van der Waals surface area contributed by atoms with Crippen LogP contribution in [0.25, 0.3) is 0 Å². The van der Waals surface area contributed by atoms with Crippen LogP contribution in [0.3, 0.4) is 0 Å². The summed E-state index contributed by atoms with van der Waals surface area (Å²) in [6.45, 7) is 3.40. The van der Waals surface area contributed by atoms with E-state index in [1.165, 1.54) is 4.90 Å². The zero-order valence-corrected chi connectivity index (χ0v) is 15.2. The summed E-state index contributed by atoms with van der Waals surface area (Å²) >= 11 is 0. The molecule has 1 heterocycles. The highest BCUT2D eigenvalue weighted by atomic mass is 16.4. The molecule has 1 rings (SSSR count). The minimum atomic E-state index is -1.15. The second-order valence-corrected chi connectivity index (χ2v) is 6.65. The molecule has 4 amide bonds. The van der Waals surface area contributed by atoms with Crippen molar-refractivity contribution < 1.29 is 29.1 Å². The number of hydrogen-bond donors (Lipinski definition) is 3. The van der Waals surface area contributed by atoms with Crippen LogP contribution in [0.4, 0.5) is 0 Å². The van der Waals surface area contributed by atoms with Crippen molar-refractivity contribution in [3.63, 3.8) is 0 Å². The van der Waals surface area contributed by atoms with E-state index in [2.05, 4.69) is 10.6 Å². The molecule has 1 aliphatic heterocycles. The number of carbonyl (C=O) groups excluding carboxylic acids is 4. The molecule has 0 radical (unpaired) electrons. The summed E-state index contributed by atoms with van der Waals surface area (Å²) in [5.41, 5.74) is 0. The van der Waals surface area contributed by atoms with Gasteiger partial charge in [-0.1, -0.05) is 20.3 Å². The molecular formula is C17H27N3O6. The van der Waals surface area contributed by atoms with Crippen molar-refractivity contribution in [2.24, 2.45) is 5.92 Å². The summed E-state index contributed by atoms with van der Waals surface area (Å²) in [6.07, 6.45) is 2.67. The summed E-state index contributed by atoms with van der Waals surface area (Å²) in [7, 11) is 0. The molecule has 0 aromatic rings. The highest BCUT2D eigenvalue weighted by molar-refractivity contribution is 6.01. The highest BCUT2D eigenvalue weighted by Crippen LogP contribution is 2.13. The highest BCUT2D eigenvalue weighted by Gasteiger charge is 2.28. The second kappa shape index (κ2) is 10.5. The maximum absolute atomic E-state index is 12.0. The largest absolute Gasteiger partial charge is 0.480 e. The minimum Gasteiger partial charge on any atom is -0.480 e. The molecule has 146 valence electrons. The fourth-order valence-corrected chi connectivity index (χ4v) is 2.66. The summed E-state index contributed by atoms with van der Waals surface area (Å²) in [5, 5.41) is 13.5. The Balaban J connectivity index is 2.28. The molecule has 0 saturated carbocycles. The summed E-state index contributed by atoms with van der Waals surface area (Å²) < 4.78 is 0. The first-order valence-electron chi connectivity index (χ1n) is 8.84. The number of unbranched alkanes of at least 4 members (excludes halogenated alkanes) is 2. The van der Waals surface area contributed by atoms with Gasteiger partial charge in [-0.3, -0.25) is 28.9 Å². The molecule has 0 spiro atoms. The molecule has 1 aliphatic rings. The van der Waals surface area contributed by atoms with Crippen LogP contribution in [0, 0.1) is 5.92 Å². The first kappa shape index (κ1) is 21.6. The molecule has 1 unspecified atom stereocenters. The predicted molar refractivity (Wildman–Crippen MR) is 91.8 cm³/mol. The summed E-state index contributed by atoms with van der Waals surface area (Å²) in [6, 6.07) is -0.790. The molecule has 1 fully saturated rings. The summed E-state index contributed by atoms with van der Waals surface area (Å²) in [5.74, 6) is -2.42. The second-order valence-electron chi connectivity index (χ2n) is 6.65. The number of likely N-dealkylation sites (tertiary alicyclic amines) is 1. The van der Waals surface area contributed by atoms with Crippen LogP contribution >= 0.6 is 0 Å². The van der Waals surface area contributed by atoms with Gasteiger partial charge in [-0.25, -0.2) is 0 Å². The van der Waals surface area contributed by atoms with Crippen molar-refractivity contribution in [2.75, 3.05) is 13.1 Å². The van der Waals surface area contributed by atoms with E-state index in [1.807, 2.05) is 0 Å². The van der Waals surface area contributed by atoms with Gasteiger partial charge in [-0.05, 0) is 18.8 Å². The fraction of sp³-hybridized carbons (Fsp3) is 0.706. The Hall–Kier alpha value is -2.45. The van der Waals surface area contributed by atoms with E-state index in [-0.39, 0.29) is 42.9 Å². The Bertz CT molecular complexity index is 545. The molecule has 0 bridgehead atoms. The van der Waals surface area contributed by atoms with Crippen LogP contribution < -0.4 is 10.6 Å². The van der Waals surface area contributed by atoms with Crippen molar-refractivity contribution >= 4 is 29.6 Å². The molecular weight excluding hydrogens is 342 g/mol. The molecule has 0 aliphatic carbocycles. The number of carbonyl (C=O) groups is 5. The number of imide groups is 1. The molecule has 1 atom stereocenters. The predicted octanol–water partition coefficient (Wildman–Crippen LogP) is 0.0374. The van der Waals surface area contributed by atoms with E-state index >= 15 is 0 Å². The fourth-order valence-electron chi connectivity index (χ4n) is 2.66. The SMILES string of the molecule is CC(C)C(NC(=O)CCCCCN1C(=O)CCC1=O)C(=O)NCC(=O)O. The summed E-state index contributed by atoms with van der Waals surface area (Å²) in [4.78, 5) is 58.7. The normalized spacial score (nSPS) is 15.3. The number of hydrogen-bond acceptors (Lipinski definition) is 5. The smallest absolute Gasteiger partial charge is 0.322 e. The van der Waals surface area contributed by atoms with Crippen LogP contribution in [0.5, 0.6) is 0 Å². The maximum Gasteiger partial charge on any atom is 0.322 e. The number of rotatable bonds is 11. The van der Waals surface area contributed by atoms with Gasteiger partial charge in [0.2, 0.25) is 23.6 Å². The van der Waals surface area contributed by atoms with Gasteiger partial charge in [0, 0.05) is 25.8 Å². The third kappa shape index (κ3) is 7.20. The monoisotopic (exact) mass is 369 g/mol. The quantitative estimate of drug-likeness (QED) is 0.348. The Morgan fingerprint density at radius 1 is 1.08 bits per heavy atom. The van der Waals surface area contributed by atoms with Crippen LogP contribution in [0.1, 0.15) is 52.4 Å². The van der Waals surface area contributed by atoms with Crippen LogP contribution in [0.15, 0.2) is 0 Å². The lowest BCUT2D eigenvalue weighted by Crippen LogP contribution is -2.50. The molecule has 3 N–H and O–H groups in total. The Morgan fingerprint density at radius 3 is 2.23 bits per heavy atom. The molecule has 0 aromatic heterocycles. The number of nitrogens with one attached hydrogen (secondary N) is 2. The van der Waals surface area contributed by atoms with Gasteiger partial charge in [0.15, 0.2) is 0 Å². The van der Waals surface area contributed by atoms with Gasteiger partial charge < -0.3 is 15.7 Å². The van der Waals surface area contributed by atoms with Crippen molar-refractivity contribution in [1.82, 2.24) is 15.5 Å². The van der Waals surface area contributed by atoms with Crippen LogP contribution in [-0.4, -0.2) is 58.7 Å². The zero-order valence-electron chi connectivity index (χ0n) is 15.2. The number of carboxylic acid groups (broad SMARTS) is 1. The number of aliphatic carboxylic acids is 1. The average molecular weight is 369 g/mol. The number of nitrogens with zero attached hydrogens (tertiary/aromatic N) is 1. The lowest BCUT2D eigenvalue weighted by Gasteiger charge is -2.21. The lowest BCUT2D eigenvalue weighted by atomic mass is 10.0. The van der Waals surface area contributed by atoms with Gasteiger partial charge in [0.25, 0.3) is 0 Å². The van der Waals surface area contributed by atoms with Crippen LogP contribution in [-0.2, 0) is 24.0 Å². The third-order valence-electron chi connectivity index (χ3n) is 4.12. The number of amides is 4. The zero-order chi connectivity index (χ0) is 19.7. The lowest BCUT2D eigenvalue weighted by molar-refractivity contribution is -0.139. The standard InChI is InChI=1S/C17H27N3O6/c1-11(2)16(17(26)18-10-15(24)25)19-12(21)6-4-3-5-9-20-13(22)7-8-14(20)23/h11,16H,3-10H2,1-2H3,(H,18,26)(H,19,21)(H,24,25). The molecule has 1 saturated heterocycles. The van der Waals surface area contributed by atoms with Crippen molar-refractivity contribution in [1.29, 1.82) is 0 Å². The Morgan fingerprint density at radius 2 is 1.69 bits per heavy atom. The first-order chi connectivity index (χ1) is 12.2. The van der Waals surface area contributed by atoms with Crippen molar-refractivity contribution in [3.8, 4) is 0 Å². The van der Waals surface area contributed by atoms with Crippen molar-refractivity contribution in [3.05, 3.63) is 0 Å². The number of carboxylic acids is 1. The van der Waals surface area contributed by atoms with E-state index < -0.39 is 24.5 Å². The van der Waals surface area contributed by atoms with Crippen LogP contribution in [0.2, 0.25) is 0 Å². The van der Waals surface area contributed by atoms with E-state index in [0.29, 0.717) is 25.8 Å². The van der Waals surface area contributed by atoms with Gasteiger partial charge in [0.05, 0.1) is 0 Å².